The minimum absolute atomic E-state index is 0.00286. The minimum atomic E-state index is -1.41. The van der Waals surface area contributed by atoms with E-state index in [2.05, 4.69) is 39.3 Å². The third kappa shape index (κ3) is 11.2. The molecule has 4 aromatic carbocycles. The Balaban J connectivity index is 0.937. The lowest BCUT2D eigenvalue weighted by Crippen LogP contribution is -2.52. The molecule has 0 unspecified atom stereocenters. The van der Waals surface area contributed by atoms with Crippen LogP contribution >= 0.6 is 0 Å². The number of nitrogens with zero attached hydrogens (tertiary/aromatic N) is 4. The van der Waals surface area contributed by atoms with Gasteiger partial charge in [-0.1, -0.05) is 69.6 Å². The lowest BCUT2D eigenvalue weighted by molar-refractivity contribution is -0.125. The number of carbonyl (C=O) groups is 4. The van der Waals surface area contributed by atoms with Crippen molar-refractivity contribution in [2.75, 3.05) is 62.5 Å². The highest BCUT2D eigenvalue weighted by Crippen LogP contribution is 2.41. The van der Waals surface area contributed by atoms with Gasteiger partial charge in [0.1, 0.15) is 31.3 Å². The molecule has 0 bridgehead atoms. The molecule has 0 saturated carbocycles. The zero-order valence-corrected chi connectivity index (χ0v) is 43.7. The summed E-state index contributed by atoms with van der Waals surface area (Å²) in [6.07, 6.45) is 3.00. The SMILES string of the molecule is COc1cc2c(cc1OCCCCCOc1cc3c(cc1C)C(=O)N1Cc4ccccc4C[C@H]1C(=O)N3COCC[Si](C)(C)C)N(COCC[Si](C)(C)C)C(=O)[C@@H]1Cc3ccc(N)cc3CN1C2=O. The number of ether oxygens (including phenoxy) is 5. The number of aryl methyl sites for hydroxylation is 1. The molecule has 0 saturated heterocycles. The summed E-state index contributed by atoms with van der Waals surface area (Å²) in [5.41, 5.74) is 13.3. The van der Waals surface area contributed by atoms with Crippen LogP contribution in [0.25, 0.3) is 0 Å². The molecule has 2 N–H and O–H groups in total. The van der Waals surface area contributed by atoms with E-state index in [1.165, 1.54) is 0 Å². The van der Waals surface area contributed by atoms with Crippen LogP contribution in [0.2, 0.25) is 51.4 Å². The summed E-state index contributed by atoms with van der Waals surface area (Å²) in [6.45, 7) is 18.1. The maximum Gasteiger partial charge on any atom is 0.257 e. The second kappa shape index (κ2) is 20.7. The van der Waals surface area contributed by atoms with E-state index in [1.807, 2.05) is 61.5 Å². The largest absolute Gasteiger partial charge is 0.493 e. The summed E-state index contributed by atoms with van der Waals surface area (Å²) in [5.74, 6) is 0.616. The van der Waals surface area contributed by atoms with Gasteiger partial charge in [-0.2, -0.15) is 0 Å². The van der Waals surface area contributed by atoms with Gasteiger partial charge in [-0.15, -0.1) is 0 Å². The quantitative estimate of drug-likeness (QED) is 0.0549. The number of hydrogen-bond acceptors (Lipinski definition) is 10. The summed E-state index contributed by atoms with van der Waals surface area (Å²) in [5, 5.41) is 0. The molecule has 8 rings (SSSR count). The molecule has 368 valence electrons. The molecule has 16 heteroatoms. The molecule has 4 aliphatic heterocycles. The average Bonchev–Trinajstić information content (AvgIpc) is 3.43. The summed E-state index contributed by atoms with van der Waals surface area (Å²) < 4.78 is 30.9. The lowest BCUT2D eigenvalue weighted by atomic mass is 9.92. The number of hydrogen-bond donors (Lipinski definition) is 1. The highest BCUT2D eigenvalue weighted by molar-refractivity contribution is 6.76. The number of nitrogen functional groups attached to an aromatic ring is 1. The first-order valence-electron chi connectivity index (χ1n) is 24.4. The number of amides is 4. The third-order valence-corrected chi connectivity index (χ3v) is 17.0. The van der Waals surface area contributed by atoms with Crippen molar-refractivity contribution in [3.63, 3.8) is 0 Å². The number of carbonyl (C=O) groups excluding carboxylic acids is 4. The Bertz CT molecular complexity index is 2590. The molecule has 4 aromatic rings. The van der Waals surface area contributed by atoms with Crippen molar-refractivity contribution >= 4 is 56.8 Å². The van der Waals surface area contributed by atoms with Crippen LogP contribution in [-0.4, -0.2) is 109 Å². The van der Waals surface area contributed by atoms with E-state index in [9.17, 15) is 19.2 Å². The second-order valence-electron chi connectivity index (χ2n) is 21.2. The Hall–Kier alpha value is -5.69. The zero-order chi connectivity index (χ0) is 49.2. The molecular formula is C53H69N5O9Si2. The van der Waals surface area contributed by atoms with E-state index in [0.29, 0.717) is 104 Å². The average molecular weight is 976 g/mol. The van der Waals surface area contributed by atoms with Crippen molar-refractivity contribution < 1.29 is 42.9 Å². The Kier molecular flexibility index (Phi) is 14.9. The first-order valence-corrected chi connectivity index (χ1v) is 31.8. The summed E-state index contributed by atoms with van der Waals surface area (Å²) >= 11 is 0. The molecule has 4 aliphatic rings. The smallest absolute Gasteiger partial charge is 0.257 e. The number of fused-ring (bicyclic) bond motifs is 6. The van der Waals surface area contributed by atoms with E-state index >= 15 is 0 Å². The van der Waals surface area contributed by atoms with Crippen molar-refractivity contribution in [3.8, 4) is 17.2 Å². The van der Waals surface area contributed by atoms with Crippen LogP contribution in [0.3, 0.4) is 0 Å². The minimum Gasteiger partial charge on any atom is -0.493 e. The Morgan fingerprint density at radius 1 is 0.580 bits per heavy atom. The molecule has 0 aromatic heterocycles. The maximum absolute atomic E-state index is 14.5. The van der Waals surface area contributed by atoms with E-state index in [4.69, 9.17) is 29.4 Å². The lowest BCUT2D eigenvalue weighted by Gasteiger charge is -2.35. The van der Waals surface area contributed by atoms with Gasteiger partial charge in [0, 0.05) is 73.1 Å². The van der Waals surface area contributed by atoms with Crippen molar-refractivity contribution in [2.24, 2.45) is 0 Å². The molecule has 4 amide bonds. The van der Waals surface area contributed by atoms with Gasteiger partial charge in [0.15, 0.2) is 11.5 Å². The van der Waals surface area contributed by atoms with Gasteiger partial charge < -0.3 is 39.2 Å². The topological polar surface area (TPSA) is 153 Å². The number of benzene rings is 4. The number of unbranched alkanes of at least 4 members (excludes halogenated alkanes) is 2. The number of anilines is 3. The van der Waals surface area contributed by atoms with Gasteiger partial charge in [0.05, 0.1) is 42.8 Å². The van der Waals surface area contributed by atoms with E-state index in [1.54, 1.807) is 38.8 Å². The molecule has 14 nitrogen and oxygen atoms in total. The normalized spacial score (nSPS) is 17.9. The molecule has 0 aliphatic carbocycles. The molecule has 69 heavy (non-hydrogen) atoms. The van der Waals surface area contributed by atoms with Gasteiger partial charge in [-0.3, -0.25) is 29.0 Å². The second-order valence-corrected chi connectivity index (χ2v) is 32.5. The Morgan fingerprint density at radius 2 is 1.09 bits per heavy atom. The zero-order valence-electron chi connectivity index (χ0n) is 41.7. The first-order chi connectivity index (χ1) is 32.9. The van der Waals surface area contributed by atoms with Crippen molar-refractivity contribution in [3.05, 3.63) is 106 Å². The van der Waals surface area contributed by atoms with E-state index in [0.717, 1.165) is 46.3 Å². The van der Waals surface area contributed by atoms with Crippen molar-refractivity contribution in [1.29, 1.82) is 0 Å². The fraction of sp³-hybridized carbons (Fsp3) is 0.472. The van der Waals surface area contributed by atoms with Gasteiger partial charge >= 0.3 is 0 Å². The number of methoxy groups -OCH3 is 1. The maximum atomic E-state index is 14.5. The van der Waals surface area contributed by atoms with Gasteiger partial charge in [0.25, 0.3) is 23.6 Å². The predicted molar refractivity (Wildman–Crippen MR) is 274 cm³/mol. The molecule has 0 spiro atoms. The first kappa shape index (κ1) is 49.7. The van der Waals surface area contributed by atoms with Gasteiger partial charge in [-0.25, -0.2) is 0 Å². The number of rotatable bonds is 19. The predicted octanol–water partition coefficient (Wildman–Crippen LogP) is 8.67. The van der Waals surface area contributed by atoms with Crippen LogP contribution in [0.1, 0.15) is 67.8 Å². The van der Waals surface area contributed by atoms with E-state index in [-0.39, 0.29) is 43.6 Å². The number of nitrogens with two attached hydrogens (primary N) is 1. The summed E-state index contributed by atoms with van der Waals surface area (Å²) in [6, 6.07) is 21.3. The highest BCUT2D eigenvalue weighted by Gasteiger charge is 2.44. The highest BCUT2D eigenvalue weighted by atomic mass is 28.3. The van der Waals surface area contributed by atoms with Crippen LogP contribution in [-0.2, 0) is 45.0 Å². The van der Waals surface area contributed by atoms with E-state index < -0.39 is 28.2 Å². The van der Waals surface area contributed by atoms with Gasteiger partial charge in [0.2, 0.25) is 0 Å². The van der Waals surface area contributed by atoms with Crippen molar-refractivity contribution in [1.82, 2.24) is 9.80 Å². The molecule has 0 radical (unpaired) electrons. The fourth-order valence-electron chi connectivity index (χ4n) is 9.43. The van der Waals surface area contributed by atoms with Crippen molar-refractivity contribution in [2.45, 2.75) is 116 Å². The molecular weight excluding hydrogens is 907 g/mol. The van der Waals surface area contributed by atoms with Crippen LogP contribution in [0.4, 0.5) is 17.1 Å². The monoisotopic (exact) mass is 975 g/mol. The molecule has 4 heterocycles. The van der Waals surface area contributed by atoms with Crippen LogP contribution in [0.5, 0.6) is 17.2 Å². The fourth-order valence-corrected chi connectivity index (χ4v) is 10.9. The van der Waals surface area contributed by atoms with Crippen LogP contribution in [0, 0.1) is 6.92 Å². The summed E-state index contributed by atoms with van der Waals surface area (Å²) in [7, 11) is -1.25. The summed E-state index contributed by atoms with van der Waals surface area (Å²) in [4.78, 5) is 64.3. The Labute approximate surface area is 409 Å². The van der Waals surface area contributed by atoms with Crippen LogP contribution < -0.4 is 29.7 Å². The van der Waals surface area contributed by atoms with Crippen LogP contribution in [0.15, 0.2) is 66.7 Å². The Morgan fingerprint density at radius 3 is 1.65 bits per heavy atom. The molecule has 0 fully saturated rings. The third-order valence-electron chi connectivity index (χ3n) is 13.6. The standard InChI is InChI=1S/C53H69N5O9Si2/c1-35-24-41-43(57(33-64-20-22-68(3,4)5)52(61)45-26-36-14-10-11-15-38(36)31-55(45)50(41)59)29-47(35)66-18-12-9-13-19-67-49-30-44-42(28-48(49)63-2)51(60)56-32-39-25-40(54)17-16-37(39)27-46(56)53(62)58(44)34-65-21-23-69(6,7)8/h10-11,14-17,24-25,28-30,45-46H,9,12-13,18-23,26-27,31-34,54H2,1-8H3/t45-,46-/m0/s1. The van der Waals surface area contributed by atoms with Gasteiger partial charge in [-0.05, 0) is 90.4 Å². The molecule has 2 atom stereocenters.